The fraction of sp³-hybridized carbons (Fsp3) is 0.158. The van der Waals surface area contributed by atoms with Gasteiger partial charge in [-0.3, -0.25) is 9.59 Å². The molecular formula is C19H16O5. The highest BCUT2D eigenvalue weighted by molar-refractivity contribution is 6.39. The second-order valence-corrected chi connectivity index (χ2v) is 5.20. The van der Waals surface area contributed by atoms with Gasteiger partial charge in [0.2, 0.25) is 0 Å². The van der Waals surface area contributed by atoms with Crippen molar-refractivity contribution >= 4 is 17.1 Å². The van der Waals surface area contributed by atoms with Crippen LogP contribution in [-0.4, -0.2) is 32.9 Å². The molecule has 2 aromatic rings. The minimum absolute atomic E-state index is 0.222. The van der Waals surface area contributed by atoms with Crippen molar-refractivity contribution in [1.82, 2.24) is 0 Å². The Labute approximate surface area is 139 Å². The van der Waals surface area contributed by atoms with E-state index in [9.17, 15) is 9.59 Å². The van der Waals surface area contributed by atoms with E-state index in [0.717, 1.165) is 0 Å². The van der Waals surface area contributed by atoms with E-state index < -0.39 is 0 Å². The summed E-state index contributed by atoms with van der Waals surface area (Å²) in [4.78, 5) is 25.3. The number of rotatable bonds is 4. The van der Waals surface area contributed by atoms with Gasteiger partial charge in [-0.1, -0.05) is 24.3 Å². The second-order valence-electron chi connectivity index (χ2n) is 5.20. The SMILES string of the molecule is COc1cc(OC)c(C2=CC(=O)c3ccccc3C2=O)c(OC)c1. The second kappa shape index (κ2) is 6.20. The number of methoxy groups -OCH3 is 3. The van der Waals surface area contributed by atoms with Gasteiger partial charge in [-0.25, -0.2) is 0 Å². The highest BCUT2D eigenvalue weighted by Gasteiger charge is 2.30. The first-order valence-corrected chi connectivity index (χ1v) is 7.30. The molecule has 1 aliphatic carbocycles. The van der Waals surface area contributed by atoms with Gasteiger partial charge in [-0.15, -0.1) is 0 Å². The van der Waals surface area contributed by atoms with Gasteiger partial charge in [0, 0.05) is 28.8 Å². The Morgan fingerprint density at radius 2 is 1.38 bits per heavy atom. The van der Waals surface area contributed by atoms with Crippen LogP contribution < -0.4 is 14.2 Å². The number of fused-ring (bicyclic) bond motifs is 1. The molecule has 5 heteroatoms. The monoisotopic (exact) mass is 324 g/mol. The van der Waals surface area contributed by atoms with Crippen LogP contribution in [0.3, 0.4) is 0 Å². The van der Waals surface area contributed by atoms with E-state index in [1.54, 1.807) is 36.4 Å². The number of carbonyl (C=O) groups excluding carboxylic acids is 2. The molecule has 0 aliphatic heterocycles. The number of hydrogen-bond donors (Lipinski definition) is 0. The van der Waals surface area contributed by atoms with Crippen LogP contribution in [0, 0.1) is 0 Å². The van der Waals surface area contributed by atoms with Crippen molar-refractivity contribution in [3.05, 3.63) is 59.2 Å². The number of Topliss-reactive ketones (excluding diaryl/α,β-unsaturated/α-hetero) is 1. The van der Waals surface area contributed by atoms with Crippen LogP contribution in [0.15, 0.2) is 42.5 Å². The molecule has 0 spiro atoms. The Kier molecular flexibility index (Phi) is 4.08. The molecule has 0 amide bonds. The Balaban J connectivity index is 2.23. The molecule has 0 atom stereocenters. The summed E-state index contributed by atoms with van der Waals surface area (Å²) in [5, 5.41) is 0. The lowest BCUT2D eigenvalue weighted by molar-refractivity contribution is 0.100. The number of hydrogen-bond acceptors (Lipinski definition) is 5. The van der Waals surface area contributed by atoms with Crippen molar-refractivity contribution in [2.45, 2.75) is 0 Å². The molecule has 0 radical (unpaired) electrons. The van der Waals surface area contributed by atoms with Gasteiger partial charge >= 0.3 is 0 Å². The zero-order valence-electron chi connectivity index (χ0n) is 13.6. The summed E-state index contributed by atoms with van der Waals surface area (Å²) in [5.74, 6) is 0.867. The fourth-order valence-corrected chi connectivity index (χ4v) is 2.77. The van der Waals surface area contributed by atoms with Gasteiger partial charge in [0.25, 0.3) is 0 Å². The normalized spacial score (nSPS) is 13.2. The summed E-state index contributed by atoms with van der Waals surface area (Å²) in [7, 11) is 4.50. The lowest BCUT2D eigenvalue weighted by Gasteiger charge is -2.20. The van der Waals surface area contributed by atoms with E-state index >= 15 is 0 Å². The van der Waals surface area contributed by atoms with Crippen molar-refractivity contribution in [3.63, 3.8) is 0 Å². The third-order valence-corrected chi connectivity index (χ3v) is 3.94. The van der Waals surface area contributed by atoms with Crippen molar-refractivity contribution in [2.75, 3.05) is 21.3 Å². The van der Waals surface area contributed by atoms with Crippen molar-refractivity contribution in [3.8, 4) is 17.2 Å². The lowest BCUT2D eigenvalue weighted by Crippen LogP contribution is -2.17. The Hall–Kier alpha value is -3.08. The lowest BCUT2D eigenvalue weighted by atomic mass is 9.85. The van der Waals surface area contributed by atoms with Gasteiger partial charge in [0.1, 0.15) is 17.2 Å². The number of ketones is 2. The fourth-order valence-electron chi connectivity index (χ4n) is 2.77. The van der Waals surface area contributed by atoms with Crippen LogP contribution in [0.2, 0.25) is 0 Å². The first-order valence-electron chi connectivity index (χ1n) is 7.30. The molecule has 0 fully saturated rings. The molecule has 5 nitrogen and oxygen atoms in total. The van der Waals surface area contributed by atoms with E-state index in [0.29, 0.717) is 33.9 Å². The minimum Gasteiger partial charge on any atom is -0.496 e. The summed E-state index contributed by atoms with van der Waals surface area (Å²) >= 11 is 0. The maximum absolute atomic E-state index is 12.9. The standard InChI is InChI=1S/C19H16O5/c1-22-11-8-16(23-2)18(17(9-11)24-3)14-10-15(20)12-6-4-5-7-13(12)19(14)21/h4-10H,1-3H3. The van der Waals surface area contributed by atoms with E-state index in [2.05, 4.69) is 0 Å². The van der Waals surface area contributed by atoms with Gasteiger partial charge in [0.15, 0.2) is 11.6 Å². The van der Waals surface area contributed by atoms with E-state index in [4.69, 9.17) is 14.2 Å². The minimum atomic E-state index is -0.244. The smallest absolute Gasteiger partial charge is 0.194 e. The van der Waals surface area contributed by atoms with E-state index in [-0.39, 0.29) is 17.1 Å². The van der Waals surface area contributed by atoms with Crippen LogP contribution in [0.25, 0.3) is 5.57 Å². The van der Waals surface area contributed by atoms with Crippen LogP contribution in [-0.2, 0) is 0 Å². The van der Waals surface area contributed by atoms with Crippen LogP contribution in [0.1, 0.15) is 26.3 Å². The summed E-state index contributed by atoms with van der Waals surface area (Å²) in [5.41, 5.74) is 1.46. The molecule has 3 rings (SSSR count). The van der Waals surface area contributed by atoms with E-state index in [1.165, 1.54) is 27.4 Å². The molecule has 1 aliphatic rings. The summed E-state index contributed by atoms with van der Waals surface area (Å²) < 4.78 is 16.0. The van der Waals surface area contributed by atoms with Gasteiger partial charge < -0.3 is 14.2 Å². The first kappa shape index (κ1) is 15.8. The molecular weight excluding hydrogens is 308 g/mol. The molecule has 0 aromatic heterocycles. The molecule has 2 aromatic carbocycles. The quantitative estimate of drug-likeness (QED) is 0.864. The molecule has 122 valence electrons. The molecule has 0 N–H and O–H groups in total. The van der Waals surface area contributed by atoms with Gasteiger partial charge in [-0.2, -0.15) is 0 Å². The molecule has 0 unspecified atom stereocenters. The predicted molar refractivity (Wildman–Crippen MR) is 89.2 cm³/mol. The van der Waals surface area contributed by atoms with Crippen molar-refractivity contribution in [2.24, 2.45) is 0 Å². The van der Waals surface area contributed by atoms with Gasteiger partial charge in [0.05, 0.1) is 26.9 Å². The molecule has 24 heavy (non-hydrogen) atoms. The van der Waals surface area contributed by atoms with E-state index in [1.807, 2.05) is 0 Å². The highest BCUT2D eigenvalue weighted by atomic mass is 16.5. The van der Waals surface area contributed by atoms with Gasteiger partial charge in [-0.05, 0) is 6.08 Å². The molecule has 0 heterocycles. The zero-order valence-corrected chi connectivity index (χ0v) is 13.6. The topological polar surface area (TPSA) is 61.8 Å². The third-order valence-electron chi connectivity index (χ3n) is 3.94. The van der Waals surface area contributed by atoms with Crippen LogP contribution in [0.4, 0.5) is 0 Å². The number of ether oxygens (including phenoxy) is 3. The highest BCUT2D eigenvalue weighted by Crippen LogP contribution is 2.41. The van der Waals surface area contributed by atoms with Crippen molar-refractivity contribution < 1.29 is 23.8 Å². The molecule has 0 saturated carbocycles. The van der Waals surface area contributed by atoms with Crippen molar-refractivity contribution in [1.29, 1.82) is 0 Å². The number of carbonyl (C=O) groups is 2. The number of allylic oxidation sites excluding steroid dienone is 2. The first-order chi connectivity index (χ1) is 11.6. The summed E-state index contributed by atoms with van der Waals surface area (Å²) in [6, 6.07) is 10.1. The average molecular weight is 324 g/mol. The average Bonchev–Trinajstić information content (AvgIpc) is 2.63. The maximum Gasteiger partial charge on any atom is 0.194 e. The zero-order chi connectivity index (χ0) is 17.3. The summed E-state index contributed by atoms with van der Waals surface area (Å²) in [6.07, 6.45) is 1.33. The summed E-state index contributed by atoms with van der Waals surface area (Å²) in [6.45, 7) is 0. The molecule has 0 bridgehead atoms. The third kappa shape index (κ3) is 2.44. The van der Waals surface area contributed by atoms with Crippen LogP contribution in [0.5, 0.6) is 17.2 Å². The Bertz CT molecular complexity index is 839. The number of benzene rings is 2. The Morgan fingerprint density at radius 3 is 1.92 bits per heavy atom. The largest absolute Gasteiger partial charge is 0.496 e. The maximum atomic E-state index is 12.9. The predicted octanol–water partition coefficient (Wildman–Crippen LogP) is 3.18. The van der Waals surface area contributed by atoms with Crippen LogP contribution >= 0.6 is 0 Å². The molecule has 0 saturated heterocycles. The Morgan fingerprint density at radius 1 is 0.792 bits per heavy atom.